The quantitative estimate of drug-likeness (QED) is 0.260. The van der Waals surface area contributed by atoms with Gasteiger partial charge in [0.25, 0.3) is 0 Å². The number of rotatable bonds is 8. The lowest BCUT2D eigenvalue weighted by atomic mass is 10.00. The third-order valence-corrected chi connectivity index (χ3v) is 3.34. The topological polar surface area (TPSA) is 87.9 Å². The zero-order valence-corrected chi connectivity index (χ0v) is 14.0. The minimum atomic E-state index is -0.421. The number of ketones is 1. The highest BCUT2D eigenvalue weighted by atomic mass is 16.5. The first kappa shape index (κ1) is 18.5. The number of ether oxygens (including phenoxy) is 3. The molecule has 0 radical (unpaired) electrons. The highest BCUT2D eigenvalue weighted by Gasteiger charge is 2.19. The SMILES string of the molecule is C=C(C)C(=O)OCCCc1c(OC)cc(C(C)=O)c(N)c1OC. The van der Waals surface area contributed by atoms with Crippen molar-refractivity contribution in [3.05, 3.63) is 29.3 Å². The summed E-state index contributed by atoms with van der Waals surface area (Å²) >= 11 is 0. The summed E-state index contributed by atoms with van der Waals surface area (Å²) in [7, 11) is 3.00. The van der Waals surface area contributed by atoms with Gasteiger partial charge in [0.05, 0.1) is 26.5 Å². The van der Waals surface area contributed by atoms with E-state index < -0.39 is 5.97 Å². The number of nitrogens with two attached hydrogens (primary N) is 1. The van der Waals surface area contributed by atoms with E-state index in [0.717, 1.165) is 5.56 Å². The van der Waals surface area contributed by atoms with Gasteiger partial charge in [-0.2, -0.15) is 0 Å². The number of benzene rings is 1. The highest BCUT2D eigenvalue weighted by Crippen LogP contribution is 2.38. The molecule has 0 saturated heterocycles. The van der Waals surface area contributed by atoms with Gasteiger partial charge in [0, 0.05) is 16.7 Å². The predicted octanol–water partition coefficient (Wildman–Crippen LogP) is 2.54. The van der Waals surface area contributed by atoms with Gasteiger partial charge in [0.15, 0.2) is 5.78 Å². The van der Waals surface area contributed by atoms with Crippen LogP contribution in [-0.4, -0.2) is 32.6 Å². The van der Waals surface area contributed by atoms with Crippen LogP contribution in [0.5, 0.6) is 11.5 Å². The molecule has 0 saturated carbocycles. The molecule has 1 aromatic rings. The number of Topliss-reactive ketones (excluding diaryl/α,β-unsaturated/α-hetero) is 1. The van der Waals surface area contributed by atoms with Crippen LogP contribution in [-0.2, 0) is 16.0 Å². The second-order valence-electron chi connectivity index (χ2n) is 5.13. The number of esters is 1. The van der Waals surface area contributed by atoms with E-state index >= 15 is 0 Å². The fourth-order valence-electron chi connectivity index (χ4n) is 2.17. The summed E-state index contributed by atoms with van der Waals surface area (Å²) in [5.41, 5.74) is 7.75. The molecule has 1 aromatic carbocycles. The van der Waals surface area contributed by atoms with Gasteiger partial charge in [-0.25, -0.2) is 4.79 Å². The van der Waals surface area contributed by atoms with Gasteiger partial charge in [-0.15, -0.1) is 0 Å². The van der Waals surface area contributed by atoms with Gasteiger partial charge in [0.1, 0.15) is 11.5 Å². The van der Waals surface area contributed by atoms with Gasteiger partial charge in [-0.1, -0.05) is 6.58 Å². The smallest absolute Gasteiger partial charge is 0.333 e. The van der Waals surface area contributed by atoms with Crippen LogP contribution in [0.1, 0.15) is 36.2 Å². The summed E-state index contributed by atoms with van der Waals surface area (Å²) in [6.07, 6.45) is 1.09. The molecule has 0 fully saturated rings. The third kappa shape index (κ3) is 4.48. The molecule has 0 aliphatic carbocycles. The summed E-state index contributed by atoms with van der Waals surface area (Å²) < 4.78 is 15.7. The first-order valence-corrected chi connectivity index (χ1v) is 7.20. The molecule has 6 nitrogen and oxygen atoms in total. The Labute approximate surface area is 136 Å². The van der Waals surface area contributed by atoms with Crippen molar-refractivity contribution in [2.75, 3.05) is 26.6 Å². The minimum absolute atomic E-state index is 0.166. The molecule has 0 atom stereocenters. The van der Waals surface area contributed by atoms with Crippen molar-refractivity contribution in [2.24, 2.45) is 0 Å². The summed E-state index contributed by atoms with van der Waals surface area (Å²) in [6, 6.07) is 1.61. The standard InChI is InChI=1S/C17H23NO5/c1-10(2)17(20)23-8-6-7-12-14(21-4)9-13(11(3)19)15(18)16(12)22-5/h9H,1,6-8,18H2,2-5H3. The van der Waals surface area contributed by atoms with Crippen molar-refractivity contribution in [3.63, 3.8) is 0 Å². The van der Waals surface area contributed by atoms with Crippen LogP contribution in [0.25, 0.3) is 0 Å². The highest BCUT2D eigenvalue weighted by molar-refractivity contribution is 6.01. The first-order chi connectivity index (χ1) is 10.8. The Balaban J connectivity index is 2.97. The van der Waals surface area contributed by atoms with E-state index in [0.29, 0.717) is 35.5 Å². The van der Waals surface area contributed by atoms with E-state index in [2.05, 4.69) is 6.58 Å². The lowest BCUT2D eigenvalue weighted by molar-refractivity contribution is -0.139. The lowest BCUT2D eigenvalue weighted by Crippen LogP contribution is -2.09. The van der Waals surface area contributed by atoms with E-state index in [1.165, 1.54) is 21.1 Å². The molecule has 126 valence electrons. The summed E-state index contributed by atoms with van der Waals surface area (Å²) in [4.78, 5) is 23.0. The maximum Gasteiger partial charge on any atom is 0.333 e. The Kier molecular flexibility index (Phi) is 6.63. The molecular formula is C17H23NO5. The van der Waals surface area contributed by atoms with Crippen molar-refractivity contribution in [2.45, 2.75) is 26.7 Å². The zero-order valence-electron chi connectivity index (χ0n) is 14.0. The normalized spacial score (nSPS) is 10.1. The molecule has 1 rings (SSSR count). The third-order valence-electron chi connectivity index (χ3n) is 3.34. The number of hydrogen-bond acceptors (Lipinski definition) is 6. The van der Waals surface area contributed by atoms with Crippen LogP contribution in [0.4, 0.5) is 5.69 Å². The zero-order chi connectivity index (χ0) is 17.6. The summed E-state index contributed by atoms with van der Waals surface area (Å²) in [5, 5.41) is 0. The molecule has 0 amide bonds. The van der Waals surface area contributed by atoms with Crippen LogP contribution < -0.4 is 15.2 Å². The maximum atomic E-state index is 11.7. The number of anilines is 1. The van der Waals surface area contributed by atoms with Gasteiger partial charge >= 0.3 is 5.97 Å². The Bertz CT molecular complexity index is 622. The number of carbonyl (C=O) groups is 2. The van der Waals surface area contributed by atoms with E-state index in [1.807, 2.05) is 0 Å². The molecule has 6 heteroatoms. The first-order valence-electron chi connectivity index (χ1n) is 7.20. The predicted molar refractivity (Wildman–Crippen MR) is 88.1 cm³/mol. The maximum absolute atomic E-state index is 11.7. The van der Waals surface area contributed by atoms with E-state index in [9.17, 15) is 9.59 Å². The minimum Gasteiger partial charge on any atom is -0.496 e. The fraction of sp³-hybridized carbons (Fsp3) is 0.412. The van der Waals surface area contributed by atoms with Crippen LogP contribution in [0.3, 0.4) is 0 Å². The Morgan fingerprint density at radius 3 is 2.35 bits per heavy atom. The second-order valence-corrected chi connectivity index (χ2v) is 5.13. The average Bonchev–Trinajstić information content (AvgIpc) is 2.50. The summed E-state index contributed by atoms with van der Waals surface area (Å²) in [5.74, 6) is 0.352. The van der Waals surface area contributed by atoms with Crippen molar-refractivity contribution in [3.8, 4) is 11.5 Å². The Hall–Kier alpha value is -2.50. The molecule has 0 spiro atoms. The lowest BCUT2D eigenvalue weighted by Gasteiger charge is -2.17. The molecular weight excluding hydrogens is 298 g/mol. The molecule has 0 unspecified atom stereocenters. The summed E-state index contributed by atoms with van der Waals surface area (Å²) in [6.45, 7) is 6.79. The van der Waals surface area contributed by atoms with E-state index in [4.69, 9.17) is 19.9 Å². The molecule has 0 aromatic heterocycles. The van der Waals surface area contributed by atoms with Crippen molar-refractivity contribution < 1.29 is 23.8 Å². The second kappa shape index (κ2) is 8.22. The van der Waals surface area contributed by atoms with Gasteiger partial charge < -0.3 is 19.9 Å². The van der Waals surface area contributed by atoms with Crippen LogP contribution in [0.2, 0.25) is 0 Å². The Morgan fingerprint density at radius 2 is 1.87 bits per heavy atom. The van der Waals surface area contributed by atoms with Gasteiger partial charge in [-0.05, 0) is 32.8 Å². The van der Waals surface area contributed by atoms with E-state index in [1.54, 1.807) is 13.0 Å². The number of hydrogen-bond donors (Lipinski definition) is 1. The molecule has 23 heavy (non-hydrogen) atoms. The molecule has 0 aliphatic rings. The monoisotopic (exact) mass is 321 g/mol. The molecule has 0 bridgehead atoms. The molecule has 0 heterocycles. The van der Waals surface area contributed by atoms with Crippen molar-refractivity contribution in [1.29, 1.82) is 0 Å². The van der Waals surface area contributed by atoms with E-state index in [-0.39, 0.29) is 18.1 Å². The largest absolute Gasteiger partial charge is 0.496 e. The molecule has 0 aliphatic heterocycles. The molecule has 2 N–H and O–H groups in total. The van der Waals surface area contributed by atoms with Gasteiger partial charge in [-0.3, -0.25) is 4.79 Å². The number of methoxy groups -OCH3 is 2. The fourth-order valence-corrected chi connectivity index (χ4v) is 2.17. The average molecular weight is 321 g/mol. The van der Waals surface area contributed by atoms with Crippen LogP contribution in [0.15, 0.2) is 18.2 Å². The van der Waals surface area contributed by atoms with Gasteiger partial charge in [0.2, 0.25) is 0 Å². The van der Waals surface area contributed by atoms with Crippen LogP contribution in [0, 0.1) is 0 Å². The number of nitrogen functional groups attached to an aromatic ring is 1. The Morgan fingerprint density at radius 1 is 1.22 bits per heavy atom. The number of carbonyl (C=O) groups excluding carboxylic acids is 2. The van der Waals surface area contributed by atoms with Crippen molar-refractivity contribution >= 4 is 17.4 Å². The van der Waals surface area contributed by atoms with Crippen LogP contribution >= 0.6 is 0 Å². The van der Waals surface area contributed by atoms with Crippen molar-refractivity contribution in [1.82, 2.24) is 0 Å².